The highest BCUT2D eigenvalue weighted by atomic mass is 35.5. The van der Waals surface area contributed by atoms with E-state index in [2.05, 4.69) is 0 Å². The minimum Gasteiger partial charge on any atom is -0.381 e. The zero-order valence-electron chi connectivity index (χ0n) is 10.9. The number of non-ortho nitro benzene ring substituents is 1. The average Bonchev–Trinajstić information content (AvgIpc) is 2.42. The molecule has 0 amide bonds. The molecule has 116 valence electrons. The van der Waals surface area contributed by atoms with Crippen LogP contribution >= 0.6 is 11.6 Å². The molecular weight excluding hydrogens is 337 g/mol. The molecule has 0 bridgehead atoms. The van der Waals surface area contributed by atoms with Crippen molar-refractivity contribution in [3.05, 3.63) is 69.0 Å². The number of hydrogen-bond donors (Lipinski definition) is 0. The summed E-state index contributed by atoms with van der Waals surface area (Å²) < 4.78 is 41.5. The van der Waals surface area contributed by atoms with Gasteiger partial charge < -0.3 is 4.18 Å². The first-order valence-corrected chi connectivity index (χ1v) is 7.83. The second-order valence-corrected chi connectivity index (χ2v) is 6.26. The molecule has 22 heavy (non-hydrogen) atoms. The van der Waals surface area contributed by atoms with E-state index in [0.717, 1.165) is 18.2 Å². The van der Waals surface area contributed by atoms with Crippen molar-refractivity contribution in [1.29, 1.82) is 0 Å². The molecule has 0 N–H and O–H groups in total. The molecule has 0 fully saturated rings. The minimum absolute atomic E-state index is 0.149. The zero-order chi connectivity index (χ0) is 16.3. The van der Waals surface area contributed by atoms with Crippen molar-refractivity contribution in [3.8, 4) is 5.75 Å². The second kappa shape index (κ2) is 6.29. The lowest BCUT2D eigenvalue weighted by Gasteiger charge is -2.08. The standard InChI is InChI=1S/C13H9ClFNO5S/c14-12-7-10(15)3-6-13(12)21-22(19,20)8-9-1-4-11(5-2-9)16(17)18/h1-7H,8H2. The van der Waals surface area contributed by atoms with Crippen molar-refractivity contribution in [3.63, 3.8) is 0 Å². The molecule has 2 aromatic carbocycles. The van der Waals surface area contributed by atoms with Gasteiger partial charge in [0.05, 0.1) is 9.95 Å². The molecule has 0 spiro atoms. The Morgan fingerprint density at radius 3 is 2.36 bits per heavy atom. The zero-order valence-corrected chi connectivity index (χ0v) is 12.5. The molecule has 0 radical (unpaired) electrons. The maximum atomic E-state index is 12.9. The Bertz CT molecular complexity index is 808. The number of nitro benzene ring substituents is 1. The van der Waals surface area contributed by atoms with Crippen LogP contribution in [0.25, 0.3) is 0 Å². The molecule has 0 aliphatic rings. The Kier molecular flexibility index (Phi) is 4.62. The summed E-state index contributed by atoms with van der Waals surface area (Å²) in [6, 6.07) is 8.05. The first kappa shape index (κ1) is 16.2. The van der Waals surface area contributed by atoms with E-state index in [9.17, 15) is 22.9 Å². The molecule has 0 aromatic heterocycles. The molecule has 0 aliphatic carbocycles. The van der Waals surface area contributed by atoms with E-state index in [4.69, 9.17) is 15.8 Å². The summed E-state index contributed by atoms with van der Waals surface area (Å²) in [6.07, 6.45) is 0. The van der Waals surface area contributed by atoms with E-state index >= 15 is 0 Å². The Morgan fingerprint density at radius 2 is 1.82 bits per heavy atom. The largest absolute Gasteiger partial charge is 0.381 e. The molecule has 0 atom stereocenters. The van der Waals surface area contributed by atoms with Crippen molar-refractivity contribution >= 4 is 27.4 Å². The van der Waals surface area contributed by atoms with Crippen LogP contribution in [0.5, 0.6) is 5.75 Å². The van der Waals surface area contributed by atoms with Crippen molar-refractivity contribution in [1.82, 2.24) is 0 Å². The van der Waals surface area contributed by atoms with Gasteiger partial charge >= 0.3 is 10.1 Å². The van der Waals surface area contributed by atoms with Gasteiger partial charge in [-0.3, -0.25) is 10.1 Å². The number of halogens is 2. The van der Waals surface area contributed by atoms with Gasteiger partial charge in [0, 0.05) is 12.1 Å². The van der Waals surface area contributed by atoms with Crippen LogP contribution in [0.2, 0.25) is 5.02 Å². The highest BCUT2D eigenvalue weighted by Gasteiger charge is 2.17. The molecule has 0 unspecified atom stereocenters. The monoisotopic (exact) mass is 345 g/mol. The Labute approximate surface area is 130 Å². The van der Waals surface area contributed by atoms with Gasteiger partial charge in [0.15, 0.2) is 5.75 Å². The number of nitro groups is 1. The predicted molar refractivity (Wildman–Crippen MR) is 77.8 cm³/mol. The lowest BCUT2D eigenvalue weighted by Crippen LogP contribution is -2.12. The highest BCUT2D eigenvalue weighted by molar-refractivity contribution is 7.86. The SMILES string of the molecule is O=[N+]([O-])c1ccc(CS(=O)(=O)Oc2ccc(F)cc2Cl)cc1. The molecule has 0 aliphatic heterocycles. The fourth-order valence-electron chi connectivity index (χ4n) is 1.63. The van der Waals surface area contributed by atoms with Crippen LogP contribution in [0.15, 0.2) is 42.5 Å². The molecule has 0 saturated carbocycles. The average molecular weight is 346 g/mol. The van der Waals surface area contributed by atoms with Gasteiger partial charge in [-0.1, -0.05) is 23.7 Å². The van der Waals surface area contributed by atoms with Crippen LogP contribution < -0.4 is 4.18 Å². The van der Waals surface area contributed by atoms with Crippen LogP contribution in [0.3, 0.4) is 0 Å². The van der Waals surface area contributed by atoms with Crippen LogP contribution in [0, 0.1) is 15.9 Å². The van der Waals surface area contributed by atoms with Crippen LogP contribution in [-0.4, -0.2) is 13.3 Å². The molecule has 6 nitrogen and oxygen atoms in total. The van der Waals surface area contributed by atoms with E-state index in [1.807, 2.05) is 0 Å². The van der Waals surface area contributed by atoms with E-state index in [1.54, 1.807) is 0 Å². The van der Waals surface area contributed by atoms with Crippen molar-refractivity contribution in [2.75, 3.05) is 0 Å². The maximum absolute atomic E-state index is 12.9. The third-order valence-corrected chi connectivity index (χ3v) is 4.02. The third kappa shape index (κ3) is 4.15. The number of benzene rings is 2. The fourth-order valence-corrected chi connectivity index (χ4v) is 2.96. The summed E-state index contributed by atoms with van der Waals surface area (Å²) in [4.78, 5) is 9.93. The van der Waals surface area contributed by atoms with Gasteiger partial charge in [-0.2, -0.15) is 8.42 Å². The van der Waals surface area contributed by atoms with Crippen molar-refractivity contribution < 1.29 is 21.9 Å². The minimum atomic E-state index is -4.03. The summed E-state index contributed by atoms with van der Waals surface area (Å²) >= 11 is 5.69. The quantitative estimate of drug-likeness (QED) is 0.471. The molecule has 9 heteroatoms. The Balaban J connectivity index is 2.15. The van der Waals surface area contributed by atoms with Crippen molar-refractivity contribution in [2.45, 2.75) is 5.75 Å². The van der Waals surface area contributed by atoms with E-state index in [-0.39, 0.29) is 16.5 Å². The summed E-state index contributed by atoms with van der Waals surface area (Å²) in [6.45, 7) is 0. The van der Waals surface area contributed by atoms with Gasteiger partial charge in [-0.05, 0) is 23.8 Å². The van der Waals surface area contributed by atoms with Gasteiger partial charge in [0.25, 0.3) is 5.69 Å². The van der Waals surface area contributed by atoms with Crippen LogP contribution in [0.4, 0.5) is 10.1 Å². The number of rotatable bonds is 5. The molecular formula is C13H9ClFNO5S. The highest BCUT2D eigenvalue weighted by Crippen LogP contribution is 2.27. The Morgan fingerprint density at radius 1 is 1.18 bits per heavy atom. The Hall–Kier alpha value is -2.19. The third-order valence-electron chi connectivity index (χ3n) is 2.60. The fraction of sp³-hybridized carbons (Fsp3) is 0.0769. The first-order valence-electron chi connectivity index (χ1n) is 5.87. The van der Waals surface area contributed by atoms with Crippen LogP contribution in [0.1, 0.15) is 5.56 Å². The molecule has 2 rings (SSSR count). The summed E-state index contributed by atoms with van der Waals surface area (Å²) in [5.41, 5.74) is 0.160. The van der Waals surface area contributed by atoms with E-state index < -0.39 is 26.6 Å². The smallest absolute Gasteiger partial charge is 0.313 e. The van der Waals surface area contributed by atoms with Crippen LogP contribution in [-0.2, 0) is 15.9 Å². The second-order valence-electron chi connectivity index (χ2n) is 4.28. The molecule has 2 aromatic rings. The first-order chi connectivity index (χ1) is 10.3. The topological polar surface area (TPSA) is 86.5 Å². The van der Waals surface area contributed by atoms with Gasteiger partial charge in [-0.25, -0.2) is 4.39 Å². The lowest BCUT2D eigenvalue weighted by molar-refractivity contribution is -0.384. The van der Waals surface area contributed by atoms with Crippen molar-refractivity contribution in [2.24, 2.45) is 0 Å². The maximum Gasteiger partial charge on any atom is 0.313 e. The molecule has 0 saturated heterocycles. The van der Waals surface area contributed by atoms with E-state index in [0.29, 0.717) is 5.56 Å². The normalized spacial score (nSPS) is 11.2. The van der Waals surface area contributed by atoms with Gasteiger partial charge in [0.2, 0.25) is 0 Å². The summed E-state index contributed by atoms with van der Waals surface area (Å²) in [5.74, 6) is -1.31. The van der Waals surface area contributed by atoms with Gasteiger partial charge in [-0.15, -0.1) is 0 Å². The lowest BCUT2D eigenvalue weighted by atomic mass is 10.2. The summed E-state index contributed by atoms with van der Waals surface area (Å²) in [7, 11) is -4.03. The number of hydrogen-bond acceptors (Lipinski definition) is 5. The summed E-state index contributed by atoms with van der Waals surface area (Å²) in [5, 5.41) is 10.3. The van der Waals surface area contributed by atoms with Gasteiger partial charge in [0.1, 0.15) is 11.6 Å². The number of nitrogens with zero attached hydrogens (tertiary/aromatic N) is 1. The molecule has 0 heterocycles. The van der Waals surface area contributed by atoms with E-state index in [1.165, 1.54) is 24.3 Å². The predicted octanol–water partition coefficient (Wildman–Crippen LogP) is 3.30.